The van der Waals surface area contributed by atoms with Gasteiger partial charge in [0.2, 0.25) is 0 Å². The summed E-state index contributed by atoms with van der Waals surface area (Å²) in [6.45, 7) is 4.33. The van der Waals surface area contributed by atoms with Crippen LogP contribution in [0.3, 0.4) is 0 Å². The van der Waals surface area contributed by atoms with Crippen molar-refractivity contribution in [3.8, 4) is 5.69 Å². The number of fused-ring (bicyclic) bond motifs is 1. The summed E-state index contributed by atoms with van der Waals surface area (Å²) in [5.41, 5.74) is 6.05. The summed E-state index contributed by atoms with van der Waals surface area (Å²) in [6.07, 6.45) is 2.20. The molecule has 0 saturated heterocycles. The third-order valence-electron chi connectivity index (χ3n) is 3.66. The predicted molar refractivity (Wildman–Crippen MR) is 87.2 cm³/mol. The average Bonchev–Trinajstić information content (AvgIpc) is 2.77. The molecular weight excluding hydrogens is 264 g/mol. The maximum absolute atomic E-state index is 5.55. The van der Waals surface area contributed by atoms with E-state index in [9.17, 15) is 0 Å². The number of hydrogen-bond donors (Lipinski definition) is 1. The van der Waals surface area contributed by atoms with Crippen LogP contribution in [0, 0.1) is 11.7 Å². The van der Waals surface area contributed by atoms with Gasteiger partial charge in [0.15, 0.2) is 4.77 Å². The molecule has 2 aromatic carbocycles. The van der Waals surface area contributed by atoms with Crippen molar-refractivity contribution in [1.29, 1.82) is 0 Å². The minimum atomic E-state index is 0.762. The molecule has 0 fully saturated rings. The van der Waals surface area contributed by atoms with Gasteiger partial charge in [0.1, 0.15) is 0 Å². The first kappa shape index (κ1) is 13.1. The molecule has 1 heterocycles. The van der Waals surface area contributed by atoms with Crippen molar-refractivity contribution >= 4 is 23.3 Å². The molecule has 0 aliphatic rings. The number of benzene rings is 2. The number of para-hydroxylation sites is 2. The summed E-state index contributed by atoms with van der Waals surface area (Å²) in [7, 11) is 0. The maximum Gasteiger partial charge on any atom is 0.182 e. The van der Waals surface area contributed by atoms with Crippen molar-refractivity contribution in [2.45, 2.75) is 26.7 Å². The molecule has 0 saturated carbocycles. The number of nitrogens with one attached hydrogen (secondary N) is 1. The van der Waals surface area contributed by atoms with Crippen molar-refractivity contribution in [2.75, 3.05) is 0 Å². The first-order chi connectivity index (χ1) is 9.72. The molecule has 0 unspecified atom stereocenters. The second kappa shape index (κ2) is 5.25. The van der Waals surface area contributed by atoms with Gasteiger partial charge >= 0.3 is 0 Å². The van der Waals surface area contributed by atoms with Gasteiger partial charge in [-0.2, -0.15) is 0 Å². The van der Waals surface area contributed by atoms with Gasteiger partial charge in [-0.25, -0.2) is 0 Å². The zero-order valence-electron chi connectivity index (χ0n) is 11.8. The SMILES string of the molecule is CCCc1ccccc1-n1c(=S)[nH]c2cccc(C)c21. The van der Waals surface area contributed by atoms with Gasteiger partial charge in [-0.05, 0) is 48.8 Å². The minimum absolute atomic E-state index is 0.762. The van der Waals surface area contributed by atoms with Crippen molar-refractivity contribution in [3.63, 3.8) is 0 Å². The zero-order valence-corrected chi connectivity index (χ0v) is 12.6. The standard InChI is InChI=1S/C17H18N2S/c1-3-7-13-9-4-5-11-15(13)19-16-12(2)8-6-10-14(16)18-17(19)20/h4-6,8-11H,3,7H2,1-2H3,(H,18,20). The molecule has 20 heavy (non-hydrogen) atoms. The number of hydrogen-bond acceptors (Lipinski definition) is 1. The van der Waals surface area contributed by atoms with E-state index in [1.807, 2.05) is 0 Å². The van der Waals surface area contributed by atoms with Gasteiger partial charge in [-0.15, -0.1) is 0 Å². The Hall–Kier alpha value is -1.87. The van der Waals surface area contributed by atoms with E-state index in [0.29, 0.717) is 0 Å². The fourth-order valence-corrected chi connectivity index (χ4v) is 3.07. The molecule has 0 radical (unpaired) electrons. The number of rotatable bonds is 3. The van der Waals surface area contributed by atoms with Gasteiger partial charge in [0, 0.05) is 0 Å². The second-order valence-electron chi connectivity index (χ2n) is 5.12. The molecule has 0 atom stereocenters. The Bertz CT molecular complexity index is 811. The fraction of sp³-hybridized carbons (Fsp3) is 0.235. The molecule has 0 bridgehead atoms. The highest BCUT2D eigenvalue weighted by Gasteiger charge is 2.11. The van der Waals surface area contributed by atoms with Crippen LogP contribution in [0.15, 0.2) is 42.5 Å². The molecule has 1 N–H and O–H groups in total. The number of aromatic amines is 1. The number of H-pyrrole nitrogens is 1. The van der Waals surface area contributed by atoms with Crippen LogP contribution in [0.5, 0.6) is 0 Å². The number of aromatic nitrogens is 2. The predicted octanol–water partition coefficient (Wildman–Crippen LogP) is 4.95. The maximum atomic E-state index is 5.55. The molecule has 1 aromatic heterocycles. The van der Waals surface area contributed by atoms with E-state index < -0.39 is 0 Å². The quantitative estimate of drug-likeness (QED) is 0.674. The lowest BCUT2D eigenvalue weighted by Gasteiger charge is -2.11. The van der Waals surface area contributed by atoms with Crippen molar-refractivity contribution in [1.82, 2.24) is 9.55 Å². The Kier molecular flexibility index (Phi) is 3.45. The molecule has 3 heteroatoms. The second-order valence-corrected chi connectivity index (χ2v) is 5.50. The Labute approximate surface area is 124 Å². The number of imidazole rings is 1. The normalized spacial score (nSPS) is 11.1. The molecule has 0 aliphatic heterocycles. The molecule has 3 rings (SSSR count). The largest absolute Gasteiger partial charge is 0.330 e. The van der Waals surface area contributed by atoms with Crippen LogP contribution >= 0.6 is 12.2 Å². The van der Waals surface area contributed by atoms with Crippen LogP contribution < -0.4 is 0 Å². The smallest absolute Gasteiger partial charge is 0.182 e. The topological polar surface area (TPSA) is 20.7 Å². The summed E-state index contributed by atoms with van der Waals surface area (Å²) in [5.74, 6) is 0. The van der Waals surface area contributed by atoms with Crippen LogP contribution in [0.1, 0.15) is 24.5 Å². The first-order valence-corrected chi connectivity index (χ1v) is 7.42. The molecule has 0 amide bonds. The van der Waals surface area contributed by atoms with Gasteiger partial charge in [0.05, 0.1) is 16.7 Å². The Morgan fingerprint density at radius 1 is 1.10 bits per heavy atom. The van der Waals surface area contributed by atoms with E-state index in [0.717, 1.165) is 23.1 Å². The van der Waals surface area contributed by atoms with Gasteiger partial charge < -0.3 is 4.98 Å². The lowest BCUT2D eigenvalue weighted by atomic mass is 10.1. The average molecular weight is 282 g/mol. The van der Waals surface area contributed by atoms with Crippen molar-refractivity contribution in [3.05, 3.63) is 58.4 Å². The lowest BCUT2D eigenvalue weighted by Crippen LogP contribution is -2.00. The molecule has 0 aliphatic carbocycles. The summed E-state index contributed by atoms with van der Waals surface area (Å²) < 4.78 is 2.93. The van der Waals surface area contributed by atoms with E-state index in [1.165, 1.54) is 22.3 Å². The third kappa shape index (κ3) is 2.08. The Morgan fingerprint density at radius 2 is 1.90 bits per heavy atom. The highest BCUT2D eigenvalue weighted by Crippen LogP contribution is 2.25. The summed E-state index contributed by atoms with van der Waals surface area (Å²) in [6, 6.07) is 14.8. The first-order valence-electron chi connectivity index (χ1n) is 7.01. The highest BCUT2D eigenvalue weighted by atomic mass is 32.1. The van der Waals surface area contributed by atoms with Crippen molar-refractivity contribution < 1.29 is 0 Å². The van der Waals surface area contributed by atoms with Crippen LogP contribution in [-0.2, 0) is 6.42 Å². The molecule has 3 aromatic rings. The highest BCUT2D eigenvalue weighted by molar-refractivity contribution is 7.71. The van der Waals surface area contributed by atoms with Crippen LogP contribution in [0.25, 0.3) is 16.7 Å². The summed E-state index contributed by atoms with van der Waals surface area (Å²) >= 11 is 5.55. The lowest BCUT2D eigenvalue weighted by molar-refractivity contribution is 0.900. The van der Waals surface area contributed by atoms with Crippen LogP contribution in [-0.4, -0.2) is 9.55 Å². The molecule has 2 nitrogen and oxygen atoms in total. The molecule has 0 spiro atoms. The number of nitrogens with zero attached hydrogens (tertiary/aromatic N) is 1. The third-order valence-corrected chi connectivity index (χ3v) is 3.94. The van der Waals surface area contributed by atoms with E-state index in [4.69, 9.17) is 12.2 Å². The molecular formula is C17H18N2S. The van der Waals surface area contributed by atoms with Gasteiger partial charge in [0.25, 0.3) is 0 Å². The Morgan fingerprint density at radius 3 is 2.70 bits per heavy atom. The fourth-order valence-electron chi connectivity index (χ4n) is 2.77. The monoisotopic (exact) mass is 282 g/mol. The van der Waals surface area contributed by atoms with E-state index >= 15 is 0 Å². The van der Waals surface area contributed by atoms with Gasteiger partial charge in [-0.1, -0.05) is 43.7 Å². The summed E-state index contributed by atoms with van der Waals surface area (Å²) in [4.78, 5) is 3.31. The summed E-state index contributed by atoms with van der Waals surface area (Å²) in [5, 5.41) is 0. The van der Waals surface area contributed by atoms with E-state index in [-0.39, 0.29) is 0 Å². The Balaban J connectivity index is 2.35. The van der Waals surface area contributed by atoms with E-state index in [2.05, 4.69) is 65.9 Å². The minimum Gasteiger partial charge on any atom is -0.330 e. The van der Waals surface area contributed by atoms with Crippen molar-refractivity contribution in [2.24, 2.45) is 0 Å². The van der Waals surface area contributed by atoms with Gasteiger partial charge in [-0.3, -0.25) is 4.57 Å². The van der Waals surface area contributed by atoms with E-state index in [1.54, 1.807) is 0 Å². The molecule has 102 valence electrons. The number of aryl methyl sites for hydroxylation is 2. The van der Waals surface area contributed by atoms with Crippen LogP contribution in [0.2, 0.25) is 0 Å². The van der Waals surface area contributed by atoms with Crippen LogP contribution in [0.4, 0.5) is 0 Å². The zero-order chi connectivity index (χ0) is 14.1.